The Morgan fingerprint density at radius 2 is 2.09 bits per heavy atom. The molecule has 2 saturated heterocycles. The Morgan fingerprint density at radius 1 is 1.24 bits per heavy atom. The first kappa shape index (κ1) is 21.5. The van der Waals surface area contributed by atoms with Crippen LogP contribution in [0.4, 0.5) is 10.2 Å². The number of nitrogens with zero attached hydrogens (tertiary/aromatic N) is 6. The molecular weight excluding hydrogens is 431 g/mol. The molecule has 0 aromatic carbocycles. The van der Waals surface area contributed by atoms with Gasteiger partial charge in [-0.15, -0.1) is 0 Å². The molecule has 2 aliphatic heterocycles. The van der Waals surface area contributed by atoms with Crippen molar-refractivity contribution in [2.24, 2.45) is 0 Å². The lowest BCUT2D eigenvalue weighted by atomic mass is 10.1. The monoisotopic (exact) mass is 456 g/mol. The highest BCUT2D eigenvalue weighted by Gasteiger charge is 2.29. The van der Waals surface area contributed by atoms with Crippen LogP contribution in [0.5, 0.6) is 5.88 Å². The van der Waals surface area contributed by atoms with E-state index in [1.54, 1.807) is 10.7 Å². The van der Waals surface area contributed by atoms with Gasteiger partial charge in [-0.3, -0.25) is 4.79 Å². The molecule has 2 aliphatic rings. The van der Waals surface area contributed by atoms with Gasteiger partial charge in [-0.05, 0) is 25.0 Å². The number of hydrogen-bond donors (Lipinski definition) is 1. The minimum absolute atomic E-state index is 0.153. The summed E-state index contributed by atoms with van der Waals surface area (Å²) in [5.74, 6) is -0.684. The molecule has 1 atom stereocenters. The highest BCUT2D eigenvalue weighted by atomic mass is 19.1. The molecule has 1 amide bonds. The Labute approximate surface area is 189 Å². The molecule has 0 unspecified atom stereocenters. The van der Waals surface area contributed by atoms with Crippen LogP contribution in [0, 0.1) is 5.82 Å². The third-order valence-electron chi connectivity index (χ3n) is 5.93. The summed E-state index contributed by atoms with van der Waals surface area (Å²) in [6, 6.07) is 5.65. The molecule has 11 heteroatoms. The molecule has 0 aliphatic carbocycles. The number of fused-ring (bicyclic) bond motifs is 1. The quantitative estimate of drug-likeness (QED) is 0.609. The van der Waals surface area contributed by atoms with Gasteiger partial charge in [0.25, 0.3) is 5.88 Å². The number of aromatic nitrogens is 4. The fourth-order valence-corrected chi connectivity index (χ4v) is 4.22. The Morgan fingerprint density at radius 3 is 2.91 bits per heavy atom. The average Bonchev–Trinajstić information content (AvgIpc) is 3.30. The van der Waals surface area contributed by atoms with Gasteiger partial charge >= 0.3 is 0 Å². The second kappa shape index (κ2) is 9.28. The minimum atomic E-state index is -0.636. The summed E-state index contributed by atoms with van der Waals surface area (Å²) in [5, 5.41) is 13.5. The summed E-state index contributed by atoms with van der Waals surface area (Å²) in [4.78, 5) is 24.3. The third-order valence-corrected chi connectivity index (χ3v) is 5.93. The van der Waals surface area contributed by atoms with Crippen LogP contribution in [-0.2, 0) is 9.53 Å². The summed E-state index contributed by atoms with van der Waals surface area (Å²) >= 11 is 0. The second-order valence-corrected chi connectivity index (χ2v) is 8.06. The normalized spacial score (nSPS) is 19.2. The lowest BCUT2D eigenvalue weighted by Gasteiger charge is -2.33. The third kappa shape index (κ3) is 4.33. The number of aliphatic hydroxyl groups excluding tert-OH is 1. The maximum atomic E-state index is 15.6. The van der Waals surface area contributed by atoms with Gasteiger partial charge in [0.1, 0.15) is 12.7 Å². The maximum Gasteiger partial charge on any atom is 0.256 e. The maximum absolute atomic E-state index is 15.6. The number of pyridine rings is 1. The van der Waals surface area contributed by atoms with Crippen LogP contribution in [-0.4, -0.2) is 87.6 Å². The molecule has 174 valence electrons. The Kier molecular flexibility index (Phi) is 6.05. The van der Waals surface area contributed by atoms with E-state index >= 15 is 4.39 Å². The average molecular weight is 456 g/mol. The lowest BCUT2D eigenvalue weighted by Crippen LogP contribution is -2.45. The predicted octanol–water partition coefficient (Wildman–Crippen LogP) is 1.13. The summed E-state index contributed by atoms with van der Waals surface area (Å²) in [5.41, 5.74) is 1.45. The molecule has 10 nitrogen and oxygen atoms in total. The summed E-state index contributed by atoms with van der Waals surface area (Å²) in [6.45, 7) is 2.21. The fraction of sp³-hybridized carbons (Fsp3) is 0.455. The molecule has 1 N–H and O–H groups in total. The van der Waals surface area contributed by atoms with E-state index in [0.29, 0.717) is 57.1 Å². The molecule has 0 radical (unpaired) electrons. The molecule has 3 aromatic rings. The zero-order chi connectivity index (χ0) is 22.8. The van der Waals surface area contributed by atoms with Gasteiger partial charge in [0.15, 0.2) is 11.6 Å². The molecule has 0 bridgehead atoms. The van der Waals surface area contributed by atoms with Crippen molar-refractivity contribution < 1.29 is 23.8 Å². The zero-order valence-corrected chi connectivity index (χ0v) is 18.1. The molecule has 5 rings (SSSR count). The molecule has 0 saturated carbocycles. The van der Waals surface area contributed by atoms with E-state index < -0.39 is 18.5 Å². The van der Waals surface area contributed by atoms with Crippen LogP contribution in [0.2, 0.25) is 0 Å². The molecule has 0 spiro atoms. The number of halogens is 1. The van der Waals surface area contributed by atoms with Crippen molar-refractivity contribution in [1.29, 1.82) is 0 Å². The zero-order valence-electron chi connectivity index (χ0n) is 18.1. The minimum Gasteiger partial charge on any atom is -0.470 e. The topological polar surface area (TPSA) is 105 Å². The van der Waals surface area contributed by atoms with Crippen molar-refractivity contribution in [2.45, 2.75) is 18.9 Å². The van der Waals surface area contributed by atoms with Gasteiger partial charge in [0, 0.05) is 25.8 Å². The molecular formula is C22H25FN6O4. The SMILES string of the molecule is O=C(CO)N1CCC[C@@H](Oc2nc(-c3cnn4ccccc34)nc(N3CCOCC3)c2F)C1. The second-order valence-electron chi connectivity index (χ2n) is 8.06. The number of hydrogen-bond acceptors (Lipinski definition) is 8. The first-order valence-corrected chi connectivity index (χ1v) is 11.0. The van der Waals surface area contributed by atoms with E-state index in [1.165, 1.54) is 4.90 Å². The van der Waals surface area contributed by atoms with Crippen molar-refractivity contribution in [1.82, 2.24) is 24.5 Å². The van der Waals surface area contributed by atoms with E-state index in [0.717, 1.165) is 5.52 Å². The van der Waals surface area contributed by atoms with E-state index in [4.69, 9.17) is 9.47 Å². The lowest BCUT2D eigenvalue weighted by molar-refractivity contribution is -0.136. The van der Waals surface area contributed by atoms with Gasteiger partial charge < -0.3 is 24.4 Å². The van der Waals surface area contributed by atoms with Crippen LogP contribution < -0.4 is 9.64 Å². The van der Waals surface area contributed by atoms with Crippen LogP contribution in [0.1, 0.15) is 12.8 Å². The van der Waals surface area contributed by atoms with Crippen LogP contribution in [0.15, 0.2) is 30.6 Å². The van der Waals surface area contributed by atoms with E-state index in [-0.39, 0.29) is 24.1 Å². The summed E-state index contributed by atoms with van der Waals surface area (Å²) in [6.07, 6.45) is 4.38. The van der Waals surface area contributed by atoms with E-state index in [2.05, 4.69) is 15.1 Å². The standard InChI is InChI=1S/C22H25FN6O4/c23-19-21(27-8-10-32-11-9-27)25-20(16-12-24-29-7-2-1-5-17(16)29)26-22(19)33-15-4-3-6-28(13-15)18(31)14-30/h1-2,5,7,12,15,30H,3-4,6,8-11,13-14H2/t15-/m1/s1. The number of ether oxygens (including phenoxy) is 2. The number of morpholine rings is 1. The fourth-order valence-electron chi connectivity index (χ4n) is 4.22. The first-order chi connectivity index (χ1) is 16.1. The van der Waals surface area contributed by atoms with Crippen molar-refractivity contribution in [2.75, 3.05) is 50.9 Å². The van der Waals surface area contributed by atoms with Gasteiger partial charge in [-0.25, -0.2) is 9.50 Å². The first-order valence-electron chi connectivity index (χ1n) is 11.0. The van der Waals surface area contributed by atoms with Crippen LogP contribution >= 0.6 is 0 Å². The summed E-state index contributed by atoms with van der Waals surface area (Å²) < 4.78 is 28.7. The summed E-state index contributed by atoms with van der Waals surface area (Å²) in [7, 11) is 0. The van der Waals surface area contributed by atoms with Gasteiger partial charge in [0.05, 0.1) is 37.0 Å². The molecule has 33 heavy (non-hydrogen) atoms. The number of anilines is 1. The number of likely N-dealkylation sites (tertiary alicyclic amines) is 1. The Bertz CT molecular complexity index is 1150. The highest BCUT2D eigenvalue weighted by Crippen LogP contribution is 2.31. The number of piperidine rings is 1. The van der Waals surface area contributed by atoms with Crippen LogP contribution in [0.25, 0.3) is 16.9 Å². The number of carbonyl (C=O) groups is 1. The van der Waals surface area contributed by atoms with Crippen molar-refractivity contribution in [3.8, 4) is 17.3 Å². The van der Waals surface area contributed by atoms with Crippen molar-refractivity contribution in [3.63, 3.8) is 0 Å². The Balaban J connectivity index is 1.52. The van der Waals surface area contributed by atoms with Gasteiger partial charge in [-0.1, -0.05) is 6.07 Å². The molecule has 3 aromatic heterocycles. The molecule has 5 heterocycles. The number of aliphatic hydroxyl groups is 1. The van der Waals surface area contributed by atoms with E-state index in [9.17, 15) is 9.90 Å². The van der Waals surface area contributed by atoms with E-state index in [1.807, 2.05) is 29.3 Å². The smallest absolute Gasteiger partial charge is 0.256 e. The predicted molar refractivity (Wildman–Crippen MR) is 117 cm³/mol. The largest absolute Gasteiger partial charge is 0.470 e. The number of amides is 1. The van der Waals surface area contributed by atoms with Crippen molar-refractivity contribution in [3.05, 3.63) is 36.4 Å². The Hall–Kier alpha value is -3.31. The van der Waals surface area contributed by atoms with Crippen molar-refractivity contribution >= 4 is 17.2 Å². The van der Waals surface area contributed by atoms with Crippen LogP contribution in [0.3, 0.4) is 0 Å². The number of carbonyl (C=O) groups excluding carboxylic acids is 1. The highest BCUT2D eigenvalue weighted by molar-refractivity contribution is 5.77. The van der Waals surface area contributed by atoms with Gasteiger partial charge in [0.2, 0.25) is 11.7 Å². The molecule has 2 fully saturated rings. The number of rotatable bonds is 5. The van der Waals surface area contributed by atoms with Gasteiger partial charge in [-0.2, -0.15) is 14.5 Å².